The minimum Gasteiger partial charge on any atom is -0.351 e. The fraction of sp³-hybridized carbons (Fsp3) is 0.647. The van der Waals surface area contributed by atoms with Crippen LogP contribution in [0.3, 0.4) is 0 Å². The molecule has 0 heterocycles. The molecule has 1 aromatic carbocycles. The maximum Gasteiger partial charge on any atom is 0.172 e. The second-order valence-corrected chi connectivity index (χ2v) is 5.03. The van der Waals surface area contributed by atoms with Crippen molar-refractivity contribution in [1.82, 2.24) is 5.32 Å². The molecule has 0 amide bonds. The van der Waals surface area contributed by atoms with Gasteiger partial charge >= 0.3 is 0 Å². The van der Waals surface area contributed by atoms with Gasteiger partial charge in [0.2, 0.25) is 0 Å². The lowest BCUT2D eigenvalue weighted by molar-refractivity contribution is -0.153. The lowest BCUT2D eigenvalue weighted by Gasteiger charge is -2.28. The van der Waals surface area contributed by atoms with Gasteiger partial charge in [0, 0.05) is 13.2 Å². The maximum absolute atomic E-state index is 5.75. The van der Waals surface area contributed by atoms with Crippen molar-refractivity contribution in [3.63, 3.8) is 0 Å². The molecule has 1 aromatic rings. The average molecular weight is 279 g/mol. The first kappa shape index (κ1) is 17.2. The monoisotopic (exact) mass is 279 g/mol. The minimum atomic E-state index is -0.183. The minimum absolute atomic E-state index is 0.183. The molecule has 0 aromatic heterocycles. The largest absolute Gasteiger partial charge is 0.351 e. The van der Waals surface area contributed by atoms with Crippen molar-refractivity contribution in [2.45, 2.75) is 52.9 Å². The van der Waals surface area contributed by atoms with Crippen molar-refractivity contribution in [1.29, 1.82) is 0 Å². The number of hydrogen-bond acceptors (Lipinski definition) is 3. The Labute approximate surface area is 123 Å². The number of rotatable bonds is 10. The van der Waals surface area contributed by atoms with Crippen molar-refractivity contribution in [3.8, 4) is 0 Å². The van der Waals surface area contributed by atoms with Gasteiger partial charge in [-0.05, 0) is 45.7 Å². The van der Waals surface area contributed by atoms with Gasteiger partial charge < -0.3 is 14.8 Å². The van der Waals surface area contributed by atoms with Crippen LogP contribution in [-0.2, 0) is 15.9 Å². The molecule has 1 atom stereocenters. The topological polar surface area (TPSA) is 30.5 Å². The van der Waals surface area contributed by atoms with E-state index in [9.17, 15) is 0 Å². The third-order valence-corrected chi connectivity index (χ3v) is 3.22. The van der Waals surface area contributed by atoms with E-state index in [1.54, 1.807) is 0 Å². The number of aryl methyl sites for hydroxylation is 1. The molecule has 114 valence electrons. The molecule has 0 spiro atoms. The van der Waals surface area contributed by atoms with Crippen LogP contribution in [0, 0.1) is 6.92 Å². The summed E-state index contributed by atoms with van der Waals surface area (Å²) < 4.78 is 11.5. The highest BCUT2D eigenvalue weighted by molar-refractivity contribution is 5.22. The predicted molar refractivity (Wildman–Crippen MR) is 84.0 cm³/mol. The molecule has 0 saturated carbocycles. The van der Waals surface area contributed by atoms with E-state index in [0.717, 1.165) is 19.4 Å². The molecule has 0 radical (unpaired) electrons. The summed E-state index contributed by atoms with van der Waals surface area (Å²) in [7, 11) is 0. The summed E-state index contributed by atoms with van der Waals surface area (Å²) in [6.07, 6.45) is 1.85. The molecule has 0 bridgehead atoms. The number of ether oxygens (including phenoxy) is 2. The quantitative estimate of drug-likeness (QED) is 0.667. The van der Waals surface area contributed by atoms with E-state index in [2.05, 4.69) is 43.4 Å². The Hall–Kier alpha value is -0.900. The molecular formula is C17H29NO2. The van der Waals surface area contributed by atoms with E-state index < -0.39 is 0 Å². The molecule has 0 fully saturated rings. The predicted octanol–water partition coefficient (Wildman–Crippen LogP) is 3.30. The summed E-state index contributed by atoms with van der Waals surface area (Å²) in [4.78, 5) is 0. The van der Waals surface area contributed by atoms with Gasteiger partial charge in [0.15, 0.2) is 6.29 Å². The summed E-state index contributed by atoms with van der Waals surface area (Å²) in [5.41, 5.74) is 2.60. The van der Waals surface area contributed by atoms with Gasteiger partial charge in [0.05, 0.1) is 6.04 Å². The Morgan fingerprint density at radius 1 is 1.00 bits per heavy atom. The molecule has 3 heteroatoms. The molecule has 1 N–H and O–H groups in total. The molecule has 0 saturated heterocycles. The Balaban J connectivity index is 2.72. The molecule has 0 aliphatic heterocycles. The van der Waals surface area contributed by atoms with Crippen LogP contribution in [-0.4, -0.2) is 32.1 Å². The first-order valence-electron chi connectivity index (χ1n) is 7.73. The van der Waals surface area contributed by atoms with Crippen LogP contribution in [0.25, 0.3) is 0 Å². The number of hydrogen-bond donors (Lipinski definition) is 1. The van der Waals surface area contributed by atoms with Crippen molar-refractivity contribution in [2.75, 3.05) is 19.8 Å². The van der Waals surface area contributed by atoms with E-state index >= 15 is 0 Å². The third kappa shape index (κ3) is 6.04. The Morgan fingerprint density at radius 2 is 1.60 bits per heavy atom. The first-order chi connectivity index (χ1) is 9.71. The van der Waals surface area contributed by atoms with Crippen LogP contribution >= 0.6 is 0 Å². The van der Waals surface area contributed by atoms with E-state index in [0.29, 0.717) is 13.2 Å². The average Bonchev–Trinajstić information content (AvgIpc) is 2.45. The highest BCUT2D eigenvalue weighted by Crippen LogP contribution is 2.11. The van der Waals surface area contributed by atoms with E-state index in [-0.39, 0.29) is 12.3 Å². The van der Waals surface area contributed by atoms with Gasteiger partial charge in [-0.15, -0.1) is 0 Å². The summed E-state index contributed by atoms with van der Waals surface area (Å²) >= 11 is 0. The Bertz CT molecular complexity index is 345. The number of benzene rings is 1. The first-order valence-corrected chi connectivity index (χ1v) is 7.73. The van der Waals surface area contributed by atoms with Crippen molar-refractivity contribution in [3.05, 3.63) is 35.4 Å². The van der Waals surface area contributed by atoms with Gasteiger partial charge in [0.1, 0.15) is 0 Å². The van der Waals surface area contributed by atoms with Gasteiger partial charge in [-0.2, -0.15) is 0 Å². The fourth-order valence-corrected chi connectivity index (χ4v) is 2.18. The molecule has 3 nitrogen and oxygen atoms in total. The summed E-state index contributed by atoms with van der Waals surface area (Å²) in [5.74, 6) is 0. The highest BCUT2D eigenvalue weighted by atomic mass is 16.7. The maximum atomic E-state index is 5.75. The zero-order chi connectivity index (χ0) is 14.8. The van der Waals surface area contributed by atoms with Crippen LogP contribution in [0.5, 0.6) is 0 Å². The van der Waals surface area contributed by atoms with Crippen LogP contribution in [0.1, 0.15) is 38.3 Å². The normalized spacial score (nSPS) is 12.8. The Morgan fingerprint density at radius 3 is 2.10 bits per heavy atom. The summed E-state index contributed by atoms with van der Waals surface area (Å²) in [6, 6.07) is 8.87. The molecule has 0 aliphatic rings. The molecule has 0 aliphatic carbocycles. The van der Waals surface area contributed by atoms with Crippen LogP contribution in [0.4, 0.5) is 0 Å². The van der Waals surface area contributed by atoms with Gasteiger partial charge in [0.25, 0.3) is 0 Å². The molecule has 1 rings (SSSR count). The lowest BCUT2D eigenvalue weighted by atomic mass is 10.0. The molecule has 20 heavy (non-hydrogen) atoms. The zero-order valence-electron chi connectivity index (χ0n) is 13.3. The fourth-order valence-electron chi connectivity index (χ4n) is 2.18. The van der Waals surface area contributed by atoms with Gasteiger partial charge in [-0.25, -0.2) is 0 Å². The molecule has 1 unspecified atom stereocenters. The third-order valence-electron chi connectivity index (χ3n) is 3.22. The van der Waals surface area contributed by atoms with Crippen LogP contribution in [0.2, 0.25) is 0 Å². The van der Waals surface area contributed by atoms with Crippen LogP contribution < -0.4 is 5.32 Å². The highest BCUT2D eigenvalue weighted by Gasteiger charge is 2.22. The molecular weight excluding hydrogens is 250 g/mol. The van der Waals surface area contributed by atoms with E-state index in [1.165, 1.54) is 11.1 Å². The Kier molecular flexibility index (Phi) is 8.51. The standard InChI is InChI=1S/C17H29NO2/c1-5-12-18-16(17(19-6-2)20-7-3)13-15-10-8-14(4)9-11-15/h8-11,16-18H,5-7,12-13H2,1-4H3. The van der Waals surface area contributed by atoms with E-state index in [4.69, 9.17) is 9.47 Å². The van der Waals surface area contributed by atoms with Crippen LogP contribution in [0.15, 0.2) is 24.3 Å². The number of nitrogens with one attached hydrogen (secondary N) is 1. The summed E-state index contributed by atoms with van der Waals surface area (Å²) in [5, 5.41) is 3.55. The van der Waals surface area contributed by atoms with E-state index in [1.807, 2.05) is 13.8 Å². The summed E-state index contributed by atoms with van der Waals surface area (Å²) in [6.45, 7) is 10.6. The zero-order valence-corrected chi connectivity index (χ0v) is 13.3. The van der Waals surface area contributed by atoms with Crippen molar-refractivity contribution in [2.24, 2.45) is 0 Å². The van der Waals surface area contributed by atoms with Crippen molar-refractivity contribution < 1.29 is 9.47 Å². The van der Waals surface area contributed by atoms with Crippen molar-refractivity contribution >= 4 is 0 Å². The van der Waals surface area contributed by atoms with Gasteiger partial charge in [-0.3, -0.25) is 0 Å². The second-order valence-electron chi connectivity index (χ2n) is 5.03. The second kappa shape index (κ2) is 9.92. The smallest absolute Gasteiger partial charge is 0.172 e. The van der Waals surface area contributed by atoms with Gasteiger partial charge in [-0.1, -0.05) is 36.8 Å². The lowest BCUT2D eigenvalue weighted by Crippen LogP contribution is -2.45. The SMILES string of the molecule is CCCNC(Cc1ccc(C)cc1)C(OCC)OCC.